The van der Waals surface area contributed by atoms with Gasteiger partial charge in [0.05, 0.1) is 12.1 Å². The van der Waals surface area contributed by atoms with E-state index >= 15 is 0 Å². The Bertz CT molecular complexity index is 416. The molecule has 1 aromatic rings. The van der Waals surface area contributed by atoms with Gasteiger partial charge in [0.15, 0.2) is 0 Å². The topological polar surface area (TPSA) is 41.8 Å². The van der Waals surface area contributed by atoms with Gasteiger partial charge in [-0.15, -0.1) is 11.3 Å². The van der Waals surface area contributed by atoms with Gasteiger partial charge in [-0.05, 0) is 23.6 Å². The van der Waals surface area contributed by atoms with Gasteiger partial charge in [0.25, 0.3) is 0 Å². The number of aliphatic hydroxyl groups is 1. The molecule has 0 bridgehead atoms. The predicted octanol–water partition coefficient (Wildman–Crippen LogP) is 2.49. The first-order chi connectivity index (χ1) is 7.60. The maximum Gasteiger partial charge on any atom is 0.305 e. The first kappa shape index (κ1) is 11.2. The molecule has 0 saturated heterocycles. The molecule has 16 heavy (non-hydrogen) atoms. The second-order valence-corrected chi connectivity index (χ2v) is 4.32. The highest BCUT2D eigenvalue weighted by atomic mass is 32.1. The summed E-state index contributed by atoms with van der Waals surface area (Å²) in [5.74, 6) is -2.46. The van der Waals surface area contributed by atoms with Crippen molar-refractivity contribution in [2.75, 3.05) is 0 Å². The van der Waals surface area contributed by atoms with Crippen molar-refractivity contribution < 1.29 is 18.7 Å². The van der Waals surface area contributed by atoms with Crippen molar-refractivity contribution in [2.45, 2.75) is 18.6 Å². The molecule has 0 fully saturated rings. The molecule has 0 unspecified atom stereocenters. The van der Waals surface area contributed by atoms with Crippen LogP contribution in [0.5, 0.6) is 0 Å². The van der Waals surface area contributed by atoms with Crippen LogP contribution in [0.15, 0.2) is 28.7 Å². The summed E-state index contributed by atoms with van der Waals surface area (Å²) in [5.41, 5.74) is 0.302. The summed E-state index contributed by atoms with van der Waals surface area (Å²) in [4.78, 5) is 5.31. The maximum absolute atomic E-state index is 12.3. The smallest absolute Gasteiger partial charge is 0.305 e. The first-order valence-corrected chi connectivity index (χ1v) is 5.45. The normalized spacial score (nSPS) is 25.1. The second kappa shape index (κ2) is 4.31. The molecule has 1 atom stereocenters. The van der Waals surface area contributed by atoms with E-state index in [1.165, 1.54) is 11.3 Å². The highest BCUT2D eigenvalue weighted by Crippen LogP contribution is 2.28. The summed E-state index contributed by atoms with van der Waals surface area (Å²) in [6.45, 7) is 0. The number of hydrogen-bond donors (Lipinski definition) is 1. The van der Waals surface area contributed by atoms with Crippen LogP contribution in [-0.2, 0) is 4.84 Å². The van der Waals surface area contributed by atoms with Gasteiger partial charge >= 0.3 is 12.2 Å². The van der Waals surface area contributed by atoms with E-state index in [9.17, 15) is 13.9 Å². The van der Waals surface area contributed by atoms with Crippen molar-refractivity contribution in [3.63, 3.8) is 0 Å². The minimum absolute atomic E-state index is 0.299. The molecule has 1 aliphatic heterocycles. The van der Waals surface area contributed by atoms with E-state index in [1.54, 1.807) is 12.2 Å². The third-order valence-corrected chi connectivity index (χ3v) is 2.92. The Balaban J connectivity index is 1.99. The molecular weight excluding hydrogens is 236 g/mol. The summed E-state index contributed by atoms with van der Waals surface area (Å²) >= 11 is 1.52. The van der Waals surface area contributed by atoms with Crippen molar-refractivity contribution in [2.24, 2.45) is 5.16 Å². The molecule has 2 heterocycles. The molecule has 0 aliphatic carbocycles. The third kappa shape index (κ3) is 2.28. The Morgan fingerprint density at radius 2 is 2.38 bits per heavy atom. The van der Waals surface area contributed by atoms with Crippen LogP contribution >= 0.6 is 11.3 Å². The second-order valence-electron chi connectivity index (χ2n) is 3.34. The summed E-state index contributed by atoms with van der Waals surface area (Å²) in [6.07, 6.45) is 0.0342. The van der Waals surface area contributed by atoms with Crippen LogP contribution in [0.25, 0.3) is 6.08 Å². The average Bonchev–Trinajstić information content (AvgIpc) is 2.85. The molecule has 1 aliphatic rings. The van der Waals surface area contributed by atoms with Gasteiger partial charge in [-0.3, -0.25) is 0 Å². The van der Waals surface area contributed by atoms with E-state index < -0.39 is 12.2 Å². The molecule has 3 nitrogen and oxygen atoms in total. The standard InChI is InChI=1S/C10H9F2NO2S/c11-9(12)10(14)6-7(13-15-10)3-4-8-2-1-5-16-8/h1-5,9,14H,6H2/b4-3+/t10-/m1/s1. The molecule has 0 saturated carbocycles. The molecule has 6 heteroatoms. The van der Waals surface area contributed by atoms with Gasteiger partial charge in [-0.2, -0.15) is 0 Å². The van der Waals surface area contributed by atoms with Crippen molar-refractivity contribution in [1.82, 2.24) is 0 Å². The fourth-order valence-corrected chi connectivity index (χ4v) is 1.85. The number of thiophene rings is 1. The SMILES string of the molecule is O[C@]1(C(F)F)CC(/C=C/c2cccs2)=NO1. The van der Waals surface area contributed by atoms with Crippen molar-refractivity contribution >= 4 is 23.1 Å². The van der Waals surface area contributed by atoms with Crippen LogP contribution in [0, 0.1) is 0 Å². The van der Waals surface area contributed by atoms with E-state index in [1.807, 2.05) is 17.5 Å². The molecular formula is C10H9F2NO2S. The lowest BCUT2D eigenvalue weighted by Gasteiger charge is -2.17. The molecule has 86 valence electrons. The average molecular weight is 245 g/mol. The summed E-state index contributed by atoms with van der Waals surface area (Å²) < 4.78 is 24.7. The molecule has 1 N–H and O–H groups in total. The fraction of sp³-hybridized carbons (Fsp3) is 0.300. The van der Waals surface area contributed by atoms with Gasteiger partial charge in [0, 0.05) is 4.88 Å². The molecule has 0 amide bonds. The fourth-order valence-electron chi connectivity index (χ4n) is 1.23. The summed E-state index contributed by atoms with van der Waals surface area (Å²) in [5, 5.41) is 14.6. The zero-order valence-electron chi connectivity index (χ0n) is 8.14. The van der Waals surface area contributed by atoms with Crippen LogP contribution in [0.1, 0.15) is 11.3 Å². The number of halogens is 2. The van der Waals surface area contributed by atoms with E-state index in [0.29, 0.717) is 5.71 Å². The zero-order valence-corrected chi connectivity index (χ0v) is 8.95. The number of rotatable bonds is 3. The Kier molecular flexibility index (Phi) is 3.02. The lowest BCUT2D eigenvalue weighted by molar-refractivity contribution is -0.253. The Morgan fingerprint density at radius 1 is 1.56 bits per heavy atom. The van der Waals surface area contributed by atoms with Crippen LogP contribution in [0.3, 0.4) is 0 Å². The van der Waals surface area contributed by atoms with E-state index in [-0.39, 0.29) is 6.42 Å². The molecule has 2 rings (SSSR count). The van der Waals surface area contributed by atoms with Gasteiger partial charge in [0.1, 0.15) is 0 Å². The molecule has 0 spiro atoms. The minimum Gasteiger partial charge on any atom is -0.353 e. The van der Waals surface area contributed by atoms with Crippen LogP contribution < -0.4 is 0 Å². The minimum atomic E-state index is -2.97. The number of allylic oxidation sites excluding steroid dienone is 1. The monoisotopic (exact) mass is 245 g/mol. The van der Waals surface area contributed by atoms with E-state index in [4.69, 9.17) is 0 Å². The maximum atomic E-state index is 12.3. The molecule has 0 radical (unpaired) electrons. The third-order valence-electron chi connectivity index (χ3n) is 2.08. The number of hydrogen-bond acceptors (Lipinski definition) is 4. The van der Waals surface area contributed by atoms with E-state index in [2.05, 4.69) is 9.99 Å². The Labute approximate surface area is 94.7 Å². The number of alkyl halides is 2. The molecule has 0 aromatic carbocycles. The van der Waals surface area contributed by atoms with Gasteiger partial charge in [-0.1, -0.05) is 11.2 Å². The van der Waals surface area contributed by atoms with Gasteiger partial charge in [-0.25, -0.2) is 8.78 Å². The quantitative estimate of drug-likeness (QED) is 0.888. The highest BCUT2D eigenvalue weighted by molar-refractivity contribution is 7.10. The summed E-state index contributed by atoms with van der Waals surface area (Å²) in [7, 11) is 0. The Hall–Kier alpha value is -1.27. The highest BCUT2D eigenvalue weighted by Gasteiger charge is 2.45. The predicted molar refractivity (Wildman–Crippen MR) is 57.4 cm³/mol. The zero-order chi connectivity index (χ0) is 11.6. The number of oxime groups is 1. The van der Waals surface area contributed by atoms with Crippen LogP contribution in [0.4, 0.5) is 8.78 Å². The number of nitrogens with zero attached hydrogens (tertiary/aromatic N) is 1. The van der Waals surface area contributed by atoms with Gasteiger partial charge < -0.3 is 9.94 Å². The van der Waals surface area contributed by atoms with Crippen LogP contribution in [0.2, 0.25) is 0 Å². The van der Waals surface area contributed by atoms with Crippen LogP contribution in [-0.4, -0.2) is 23.0 Å². The molecule has 1 aromatic heterocycles. The lowest BCUT2D eigenvalue weighted by atomic mass is 10.1. The van der Waals surface area contributed by atoms with Crippen molar-refractivity contribution in [3.8, 4) is 0 Å². The van der Waals surface area contributed by atoms with Crippen molar-refractivity contribution in [1.29, 1.82) is 0 Å². The lowest BCUT2D eigenvalue weighted by Crippen LogP contribution is -2.36. The summed E-state index contributed by atoms with van der Waals surface area (Å²) in [6, 6.07) is 3.77. The van der Waals surface area contributed by atoms with Crippen molar-refractivity contribution in [3.05, 3.63) is 28.5 Å². The largest absolute Gasteiger partial charge is 0.353 e. The first-order valence-electron chi connectivity index (χ1n) is 4.57. The Morgan fingerprint density at radius 3 is 2.94 bits per heavy atom. The van der Waals surface area contributed by atoms with E-state index in [0.717, 1.165) is 4.88 Å². The van der Waals surface area contributed by atoms with Gasteiger partial charge in [0.2, 0.25) is 0 Å².